The van der Waals surface area contributed by atoms with Gasteiger partial charge >= 0.3 is 0 Å². The first-order valence-corrected chi connectivity index (χ1v) is 5.79. The Morgan fingerprint density at radius 3 is 2.89 bits per heavy atom. The van der Waals surface area contributed by atoms with Gasteiger partial charge in [0.2, 0.25) is 11.8 Å². The summed E-state index contributed by atoms with van der Waals surface area (Å²) in [5.41, 5.74) is 11.3. The molecule has 98 valence electrons. The Morgan fingerprint density at radius 2 is 2.28 bits per heavy atom. The van der Waals surface area contributed by atoms with Crippen LogP contribution in [-0.2, 0) is 22.7 Å². The molecule has 2 rings (SSSR count). The van der Waals surface area contributed by atoms with Crippen LogP contribution in [0.15, 0.2) is 6.20 Å². The summed E-state index contributed by atoms with van der Waals surface area (Å²) in [6.45, 7) is 0.892. The van der Waals surface area contributed by atoms with E-state index in [0.29, 0.717) is 18.7 Å². The van der Waals surface area contributed by atoms with Crippen molar-refractivity contribution in [1.82, 2.24) is 19.9 Å². The maximum absolute atomic E-state index is 12.0. The van der Waals surface area contributed by atoms with Gasteiger partial charge in [0.1, 0.15) is 12.6 Å². The predicted octanol–water partition coefficient (Wildman–Crippen LogP) is -1.79. The number of hydrogen-bond acceptors (Lipinski definition) is 5. The van der Waals surface area contributed by atoms with Crippen molar-refractivity contribution in [3.63, 3.8) is 0 Å². The molecule has 0 aromatic carbocycles. The number of hydrogen-bond donors (Lipinski definition) is 2. The lowest BCUT2D eigenvalue weighted by atomic mass is 10.2. The Kier molecular flexibility index (Phi) is 3.56. The van der Waals surface area contributed by atoms with E-state index >= 15 is 0 Å². The van der Waals surface area contributed by atoms with Crippen molar-refractivity contribution in [2.45, 2.75) is 32.0 Å². The number of amides is 2. The van der Waals surface area contributed by atoms with Crippen molar-refractivity contribution >= 4 is 11.8 Å². The van der Waals surface area contributed by atoms with E-state index in [1.165, 1.54) is 9.58 Å². The highest BCUT2D eigenvalue weighted by molar-refractivity contribution is 5.87. The van der Waals surface area contributed by atoms with Crippen LogP contribution in [0.1, 0.15) is 18.5 Å². The van der Waals surface area contributed by atoms with Gasteiger partial charge in [0.25, 0.3) is 0 Å². The second kappa shape index (κ2) is 5.13. The topological polar surface area (TPSA) is 120 Å². The molecule has 1 aromatic heterocycles. The van der Waals surface area contributed by atoms with E-state index in [9.17, 15) is 9.59 Å². The summed E-state index contributed by atoms with van der Waals surface area (Å²) >= 11 is 0. The number of likely N-dealkylation sites (tertiary alicyclic amines) is 1. The number of primary amides is 1. The molecule has 8 nitrogen and oxygen atoms in total. The molecule has 0 spiro atoms. The third-order valence-electron chi connectivity index (χ3n) is 2.99. The highest BCUT2D eigenvalue weighted by Gasteiger charge is 2.32. The van der Waals surface area contributed by atoms with Crippen molar-refractivity contribution in [3.8, 4) is 0 Å². The van der Waals surface area contributed by atoms with Crippen LogP contribution in [0.2, 0.25) is 0 Å². The van der Waals surface area contributed by atoms with Crippen LogP contribution in [0.3, 0.4) is 0 Å². The second-order valence-corrected chi connectivity index (χ2v) is 4.26. The first kappa shape index (κ1) is 12.5. The molecule has 18 heavy (non-hydrogen) atoms. The maximum atomic E-state index is 12.0. The van der Waals surface area contributed by atoms with Gasteiger partial charge < -0.3 is 16.4 Å². The van der Waals surface area contributed by atoms with Crippen molar-refractivity contribution in [3.05, 3.63) is 11.9 Å². The van der Waals surface area contributed by atoms with E-state index in [4.69, 9.17) is 11.5 Å². The smallest absolute Gasteiger partial charge is 0.245 e. The average Bonchev–Trinajstić information content (AvgIpc) is 2.96. The lowest BCUT2D eigenvalue weighted by Crippen LogP contribution is -2.45. The molecule has 0 aliphatic carbocycles. The lowest BCUT2D eigenvalue weighted by molar-refractivity contribution is -0.137. The van der Waals surface area contributed by atoms with Crippen LogP contribution in [0.4, 0.5) is 0 Å². The monoisotopic (exact) mass is 252 g/mol. The van der Waals surface area contributed by atoms with Crippen LogP contribution in [-0.4, -0.2) is 44.3 Å². The zero-order valence-electron chi connectivity index (χ0n) is 9.95. The summed E-state index contributed by atoms with van der Waals surface area (Å²) < 4.78 is 1.42. The Balaban J connectivity index is 2.01. The van der Waals surface area contributed by atoms with Gasteiger partial charge in [-0.3, -0.25) is 9.59 Å². The lowest BCUT2D eigenvalue weighted by Gasteiger charge is -2.21. The SMILES string of the molecule is NCc1cn(CC(=O)N2CCCC2C(N)=O)nn1. The molecule has 1 saturated heterocycles. The predicted molar refractivity (Wildman–Crippen MR) is 61.8 cm³/mol. The molecule has 0 radical (unpaired) electrons. The summed E-state index contributed by atoms with van der Waals surface area (Å²) in [7, 11) is 0. The van der Waals surface area contributed by atoms with Gasteiger partial charge in [-0.25, -0.2) is 4.68 Å². The van der Waals surface area contributed by atoms with E-state index in [-0.39, 0.29) is 19.0 Å². The number of nitrogens with two attached hydrogens (primary N) is 2. The molecule has 1 atom stereocenters. The average molecular weight is 252 g/mol. The van der Waals surface area contributed by atoms with Crippen LogP contribution in [0.25, 0.3) is 0 Å². The molecule has 0 saturated carbocycles. The molecule has 2 amide bonds. The number of aromatic nitrogens is 3. The van der Waals surface area contributed by atoms with Crippen molar-refractivity contribution in [1.29, 1.82) is 0 Å². The van der Waals surface area contributed by atoms with Gasteiger partial charge in [0.05, 0.1) is 11.9 Å². The highest BCUT2D eigenvalue weighted by Crippen LogP contribution is 2.17. The molecule has 1 fully saturated rings. The van der Waals surface area contributed by atoms with Crippen molar-refractivity contribution in [2.75, 3.05) is 6.54 Å². The van der Waals surface area contributed by atoms with E-state index in [1.54, 1.807) is 6.20 Å². The van der Waals surface area contributed by atoms with E-state index in [1.807, 2.05) is 0 Å². The fraction of sp³-hybridized carbons (Fsp3) is 0.600. The molecule has 4 N–H and O–H groups in total. The summed E-state index contributed by atoms with van der Waals surface area (Å²) in [6.07, 6.45) is 3.05. The number of nitrogens with zero attached hydrogens (tertiary/aromatic N) is 4. The molecule has 2 heterocycles. The fourth-order valence-electron chi connectivity index (χ4n) is 2.10. The van der Waals surface area contributed by atoms with Gasteiger partial charge in [-0.2, -0.15) is 0 Å². The van der Waals surface area contributed by atoms with Gasteiger partial charge in [-0.15, -0.1) is 5.10 Å². The third-order valence-corrected chi connectivity index (χ3v) is 2.99. The first-order chi connectivity index (χ1) is 8.61. The summed E-state index contributed by atoms with van der Waals surface area (Å²) in [5.74, 6) is -0.633. The van der Waals surface area contributed by atoms with Crippen molar-refractivity contribution < 1.29 is 9.59 Å². The zero-order valence-corrected chi connectivity index (χ0v) is 9.95. The normalized spacial score (nSPS) is 19.2. The Hall–Kier alpha value is -1.96. The standard InChI is InChI=1S/C10H16N6O2/c11-4-7-5-15(14-13-7)6-9(17)16-3-1-2-8(16)10(12)18/h5,8H,1-4,6,11H2,(H2,12,18). The minimum atomic E-state index is -0.491. The Bertz CT molecular complexity index is 457. The first-order valence-electron chi connectivity index (χ1n) is 5.79. The zero-order chi connectivity index (χ0) is 13.1. The number of rotatable bonds is 4. The molecule has 1 aliphatic heterocycles. The van der Waals surface area contributed by atoms with Crippen LogP contribution in [0.5, 0.6) is 0 Å². The van der Waals surface area contributed by atoms with Gasteiger partial charge in [0, 0.05) is 13.1 Å². The minimum Gasteiger partial charge on any atom is -0.368 e. The van der Waals surface area contributed by atoms with Gasteiger partial charge in [-0.1, -0.05) is 5.21 Å². The highest BCUT2D eigenvalue weighted by atomic mass is 16.2. The molecule has 1 unspecified atom stereocenters. The summed E-state index contributed by atoms with van der Waals surface area (Å²) in [6, 6.07) is -0.491. The fourth-order valence-corrected chi connectivity index (χ4v) is 2.10. The van der Waals surface area contributed by atoms with Crippen LogP contribution < -0.4 is 11.5 Å². The van der Waals surface area contributed by atoms with E-state index in [2.05, 4.69) is 10.3 Å². The Labute approximate surface area is 104 Å². The number of carbonyl (C=O) groups excluding carboxylic acids is 2. The quantitative estimate of drug-likeness (QED) is 0.656. The molecule has 1 aromatic rings. The third kappa shape index (κ3) is 2.48. The van der Waals surface area contributed by atoms with Crippen molar-refractivity contribution in [2.24, 2.45) is 11.5 Å². The molecule has 0 bridgehead atoms. The van der Waals surface area contributed by atoms with E-state index in [0.717, 1.165) is 6.42 Å². The Morgan fingerprint density at radius 1 is 1.50 bits per heavy atom. The second-order valence-electron chi connectivity index (χ2n) is 4.26. The summed E-state index contributed by atoms with van der Waals surface area (Å²) in [4.78, 5) is 24.7. The minimum absolute atomic E-state index is 0.0524. The maximum Gasteiger partial charge on any atom is 0.245 e. The summed E-state index contributed by atoms with van der Waals surface area (Å²) in [5, 5.41) is 7.59. The molecular weight excluding hydrogens is 236 g/mol. The van der Waals surface area contributed by atoms with Crippen LogP contribution in [0, 0.1) is 0 Å². The largest absolute Gasteiger partial charge is 0.368 e. The molecule has 1 aliphatic rings. The number of carbonyl (C=O) groups is 2. The van der Waals surface area contributed by atoms with Crippen LogP contribution >= 0.6 is 0 Å². The van der Waals surface area contributed by atoms with Gasteiger partial charge in [-0.05, 0) is 12.8 Å². The molecule has 8 heteroatoms. The van der Waals surface area contributed by atoms with Gasteiger partial charge in [0.15, 0.2) is 0 Å². The molecular formula is C10H16N6O2. The van der Waals surface area contributed by atoms with E-state index < -0.39 is 11.9 Å².